The van der Waals surface area contributed by atoms with Crippen molar-refractivity contribution in [1.82, 2.24) is 9.88 Å². The molecule has 25 heavy (non-hydrogen) atoms. The van der Waals surface area contributed by atoms with E-state index in [1.54, 1.807) is 26.2 Å². The van der Waals surface area contributed by atoms with Gasteiger partial charge in [0.15, 0.2) is 9.84 Å². The highest BCUT2D eigenvalue weighted by molar-refractivity contribution is 7.90. The van der Waals surface area contributed by atoms with Gasteiger partial charge in [0, 0.05) is 25.6 Å². The van der Waals surface area contributed by atoms with E-state index < -0.39 is 9.84 Å². The van der Waals surface area contributed by atoms with E-state index in [1.807, 2.05) is 0 Å². The molecule has 0 aliphatic heterocycles. The van der Waals surface area contributed by atoms with Crippen molar-refractivity contribution >= 4 is 27.1 Å². The van der Waals surface area contributed by atoms with Crippen molar-refractivity contribution in [2.75, 3.05) is 26.5 Å². The van der Waals surface area contributed by atoms with Gasteiger partial charge in [0.1, 0.15) is 4.88 Å². The molecule has 0 fully saturated rings. The Labute approximate surface area is 150 Å². The first-order valence-electron chi connectivity index (χ1n) is 7.50. The summed E-state index contributed by atoms with van der Waals surface area (Å²) in [5.41, 5.74) is 1.36. The Balaban J connectivity index is 2.20. The molecule has 2 aromatic rings. The maximum Gasteiger partial charge on any atom is 0.308 e. The van der Waals surface area contributed by atoms with Gasteiger partial charge in [-0.25, -0.2) is 8.42 Å². The van der Waals surface area contributed by atoms with Crippen molar-refractivity contribution < 1.29 is 17.9 Å². The summed E-state index contributed by atoms with van der Waals surface area (Å²) in [6, 6.07) is 6.35. The molecule has 0 unspecified atom stereocenters. The molecular formula is C16H20N2O5S2. The van der Waals surface area contributed by atoms with Crippen molar-refractivity contribution in [3.63, 3.8) is 0 Å². The predicted octanol–water partition coefficient (Wildman–Crippen LogP) is 1.05. The molecule has 0 aliphatic carbocycles. The normalized spacial score (nSPS) is 11.5. The second-order valence-electron chi connectivity index (χ2n) is 5.53. The van der Waals surface area contributed by atoms with Crippen LogP contribution in [0, 0.1) is 6.92 Å². The summed E-state index contributed by atoms with van der Waals surface area (Å²) in [6.45, 7) is 2.76. The summed E-state index contributed by atoms with van der Waals surface area (Å²) < 4.78 is 29.4. The van der Waals surface area contributed by atoms with Gasteiger partial charge in [0.25, 0.3) is 5.91 Å². The van der Waals surface area contributed by atoms with E-state index in [2.05, 4.69) is 5.32 Å². The third kappa shape index (κ3) is 4.77. The molecule has 1 N–H and O–H groups in total. The van der Waals surface area contributed by atoms with Crippen LogP contribution in [0.1, 0.15) is 20.9 Å². The molecule has 1 amide bonds. The minimum Gasteiger partial charge on any atom is -0.383 e. The van der Waals surface area contributed by atoms with Crippen LogP contribution in [0.3, 0.4) is 0 Å². The number of hydrogen-bond acceptors (Lipinski definition) is 6. The van der Waals surface area contributed by atoms with Gasteiger partial charge in [-0.15, -0.1) is 0 Å². The van der Waals surface area contributed by atoms with Crippen molar-refractivity contribution in [1.29, 1.82) is 0 Å². The fourth-order valence-electron chi connectivity index (χ4n) is 2.24. The zero-order chi connectivity index (χ0) is 18.6. The molecule has 9 heteroatoms. The zero-order valence-corrected chi connectivity index (χ0v) is 15.9. The molecule has 0 atom stereocenters. The van der Waals surface area contributed by atoms with Crippen LogP contribution in [-0.4, -0.2) is 45.4 Å². The Bertz CT molecular complexity index is 911. The number of methoxy groups -OCH3 is 1. The van der Waals surface area contributed by atoms with Crippen LogP contribution in [0.5, 0.6) is 0 Å². The van der Waals surface area contributed by atoms with Crippen molar-refractivity contribution in [2.45, 2.75) is 18.4 Å². The highest BCUT2D eigenvalue weighted by Gasteiger charge is 2.17. The number of carbonyl (C=O) groups is 1. The Morgan fingerprint density at radius 1 is 1.28 bits per heavy atom. The average molecular weight is 384 g/mol. The highest BCUT2D eigenvalue weighted by atomic mass is 32.2. The van der Waals surface area contributed by atoms with Gasteiger partial charge in [-0.3, -0.25) is 14.2 Å². The lowest BCUT2D eigenvalue weighted by atomic mass is 10.2. The molecule has 7 nitrogen and oxygen atoms in total. The summed E-state index contributed by atoms with van der Waals surface area (Å²) in [4.78, 5) is 24.7. The van der Waals surface area contributed by atoms with Crippen LogP contribution in [0.25, 0.3) is 0 Å². The second kappa shape index (κ2) is 7.94. The largest absolute Gasteiger partial charge is 0.383 e. The maximum atomic E-state index is 12.2. The van der Waals surface area contributed by atoms with Crippen LogP contribution >= 0.6 is 11.3 Å². The van der Waals surface area contributed by atoms with Crippen LogP contribution in [0.4, 0.5) is 0 Å². The summed E-state index contributed by atoms with van der Waals surface area (Å²) in [6.07, 6.45) is 1.14. The summed E-state index contributed by atoms with van der Waals surface area (Å²) in [5, 5.41) is 2.70. The molecule has 2 rings (SSSR count). The molecule has 136 valence electrons. The molecule has 0 spiro atoms. The first kappa shape index (κ1) is 19.4. The fourth-order valence-corrected chi connectivity index (χ4v) is 3.78. The first-order chi connectivity index (χ1) is 11.7. The summed E-state index contributed by atoms with van der Waals surface area (Å²) >= 11 is 0.892. The number of carbonyl (C=O) groups excluding carboxylic acids is 1. The van der Waals surface area contributed by atoms with Crippen LogP contribution in [-0.2, 0) is 21.1 Å². The van der Waals surface area contributed by atoms with Gasteiger partial charge in [-0.05, 0) is 24.6 Å². The quantitative estimate of drug-likeness (QED) is 0.720. The number of nitrogens with zero attached hydrogens (tertiary/aromatic N) is 1. The molecule has 0 saturated carbocycles. The number of aromatic nitrogens is 1. The Morgan fingerprint density at radius 2 is 1.92 bits per heavy atom. The van der Waals surface area contributed by atoms with Crippen molar-refractivity contribution in [2.24, 2.45) is 0 Å². The molecule has 0 radical (unpaired) electrons. The standard InChI is InChI=1S/C16H20N2O5S2/c1-11-14(15(19)17-8-9-23-2)24-16(20)18(11)10-12-4-6-13(7-5-12)25(3,21)22/h4-7H,8-10H2,1-3H3,(H,17,19). The first-order valence-corrected chi connectivity index (χ1v) is 10.2. The van der Waals surface area contributed by atoms with Crippen molar-refractivity contribution in [3.8, 4) is 0 Å². The predicted molar refractivity (Wildman–Crippen MR) is 96.2 cm³/mol. The van der Waals surface area contributed by atoms with Crippen molar-refractivity contribution in [3.05, 3.63) is 50.1 Å². The minimum absolute atomic E-state index is 0.226. The molecular weight excluding hydrogens is 364 g/mol. The lowest BCUT2D eigenvalue weighted by Gasteiger charge is -2.07. The number of benzene rings is 1. The minimum atomic E-state index is -3.26. The van der Waals surface area contributed by atoms with E-state index in [4.69, 9.17) is 4.74 Å². The molecule has 0 bridgehead atoms. The van der Waals surface area contributed by atoms with E-state index in [-0.39, 0.29) is 22.2 Å². The average Bonchev–Trinajstić information content (AvgIpc) is 2.83. The number of sulfone groups is 1. The van der Waals surface area contributed by atoms with E-state index in [0.29, 0.717) is 23.7 Å². The third-order valence-electron chi connectivity index (χ3n) is 3.63. The SMILES string of the molecule is COCCNC(=O)c1sc(=O)n(Cc2ccc(S(C)(=O)=O)cc2)c1C. The third-order valence-corrected chi connectivity index (χ3v) is 5.84. The van der Waals surface area contributed by atoms with Gasteiger partial charge in [0.05, 0.1) is 18.0 Å². The Morgan fingerprint density at radius 3 is 2.48 bits per heavy atom. The smallest absolute Gasteiger partial charge is 0.308 e. The van der Waals surface area contributed by atoms with Crippen LogP contribution in [0.2, 0.25) is 0 Å². The van der Waals surface area contributed by atoms with Gasteiger partial charge < -0.3 is 10.1 Å². The monoisotopic (exact) mass is 384 g/mol. The molecule has 1 aromatic carbocycles. The number of hydrogen-bond donors (Lipinski definition) is 1. The topological polar surface area (TPSA) is 94.5 Å². The van der Waals surface area contributed by atoms with Gasteiger partial charge >= 0.3 is 4.87 Å². The Kier molecular flexibility index (Phi) is 6.15. The summed E-state index contributed by atoms with van der Waals surface area (Å²) in [7, 11) is -1.71. The van der Waals surface area contributed by atoms with Gasteiger partial charge in [0.2, 0.25) is 0 Å². The van der Waals surface area contributed by atoms with E-state index >= 15 is 0 Å². The lowest BCUT2D eigenvalue weighted by Crippen LogP contribution is -2.27. The lowest BCUT2D eigenvalue weighted by molar-refractivity contribution is 0.0940. The van der Waals surface area contributed by atoms with Gasteiger partial charge in [-0.2, -0.15) is 0 Å². The second-order valence-corrected chi connectivity index (χ2v) is 8.51. The molecule has 0 saturated heterocycles. The van der Waals surface area contributed by atoms with E-state index in [0.717, 1.165) is 23.2 Å². The fraction of sp³-hybridized carbons (Fsp3) is 0.375. The molecule has 1 aromatic heterocycles. The van der Waals surface area contributed by atoms with Gasteiger partial charge in [-0.1, -0.05) is 23.5 Å². The van der Waals surface area contributed by atoms with Crippen LogP contribution in [0.15, 0.2) is 34.0 Å². The molecule has 0 aliphatic rings. The summed E-state index contributed by atoms with van der Waals surface area (Å²) in [5.74, 6) is -0.303. The van der Waals surface area contributed by atoms with E-state index in [9.17, 15) is 18.0 Å². The van der Waals surface area contributed by atoms with Crippen LogP contribution < -0.4 is 10.2 Å². The number of nitrogens with one attached hydrogen (secondary N) is 1. The number of thiazole rings is 1. The number of amides is 1. The number of ether oxygens (including phenoxy) is 1. The highest BCUT2D eigenvalue weighted by Crippen LogP contribution is 2.15. The molecule has 1 heterocycles. The number of rotatable bonds is 7. The Hall–Kier alpha value is -1.97. The van der Waals surface area contributed by atoms with E-state index in [1.165, 1.54) is 16.7 Å². The maximum absolute atomic E-state index is 12.2. The zero-order valence-electron chi connectivity index (χ0n) is 14.2.